The molecule has 0 fully saturated rings. The summed E-state index contributed by atoms with van der Waals surface area (Å²) in [6, 6.07) is 0.0265. The molecule has 0 N–H and O–H groups in total. The van der Waals surface area contributed by atoms with Crippen molar-refractivity contribution >= 4 is 69.3 Å². The number of alkyl halides is 6. The van der Waals surface area contributed by atoms with Crippen molar-refractivity contribution in [2.45, 2.75) is 40.0 Å². The Hall–Kier alpha value is -16.8. The highest BCUT2D eigenvalue weighted by molar-refractivity contribution is 5.94. The summed E-state index contributed by atoms with van der Waals surface area (Å²) in [6.07, 6.45) is -9.36. The molecule has 0 aliphatic rings. The van der Waals surface area contributed by atoms with Crippen LogP contribution in [0.4, 0.5) is 202 Å². The van der Waals surface area contributed by atoms with Gasteiger partial charge in [0.05, 0.1) is 21.5 Å². The fraction of sp³-hybridized carbons (Fsp3) is 0.0698. The predicted molar refractivity (Wildman–Crippen MR) is 400 cm³/mol. The van der Waals surface area contributed by atoms with Gasteiger partial charge in [-0.3, -0.25) is 0 Å². The molecule has 148 heavy (non-hydrogen) atoms. The standard InChI is InChI=1S/C14H5F7O2.C13H3F7O2.C11H5F7O2.C10H3F7O2.C10H5F5O2.C10H6F4O2.C9H3F5O2.C9H4F4O2/c1-3(2)14(22)23-13-9(18)5-4(8(17)12(13)21)6(15)10(19)11(20)7(5)16;1-2-3(21)22-13-9(17)5-4(8(16)12(13)20)6(14)10(18)11(19)7(5)15;1-3(2)10(19)20-9-7(14)5(12)4(11(16,17)18)6(13)8(9)15;1-2-3(18)19-9-7(13)5(11)4(10(15,16)17)6(12)8(9)14;1-3(2)10(16)17-9-7(14)5(12)4(11)6(13)8(9)15;1-4(2)10(15)16-9-7(13)5(11)3-6(12)8(9)14;1-2-3(15)16-9-7(13)5(11)4(10)6(12)8(9)14;1-2-6(14)15-9-7(12)4(10)3-5(11)8(9)13/h1H2,2H3;2H,1H2;1H2,2H3;2H,1H2;1H2,2H3;3H,1H2,2H3;2H,1H2;2-3H,1H2. The third-order valence-electron chi connectivity index (χ3n) is 15.7. The molecule has 0 unspecified atom stereocenters. The van der Waals surface area contributed by atoms with Crippen LogP contribution >= 0.6 is 0 Å². The number of hydrogen-bond donors (Lipinski definition) is 0. The number of benzene rings is 10. The molecule has 10 aromatic rings. The maximum atomic E-state index is 14.1. The Bertz CT molecular complexity index is 7040. The molecule has 10 aromatic carbocycles. The Morgan fingerprint density at radius 1 is 0.189 bits per heavy atom. The maximum Gasteiger partial charge on any atom is 0.422 e. The molecular formula is C86H34F46O16. The highest BCUT2D eigenvalue weighted by Gasteiger charge is 2.46. The number of carbonyl (C=O) groups is 8. The van der Waals surface area contributed by atoms with Gasteiger partial charge in [0, 0.05) is 58.7 Å². The summed E-state index contributed by atoms with van der Waals surface area (Å²) in [5.74, 6) is -113. The molecule has 0 saturated heterocycles. The van der Waals surface area contributed by atoms with Crippen molar-refractivity contribution in [3.05, 3.63) is 355 Å². The van der Waals surface area contributed by atoms with Gasteiger partial charge in [0.15, 0.2) is 116 Å². The van der Waals surface area contributed by atoms with Crippen molar-refractivity contribution in [3.8, 4) is 46.0 Å². The summed E-state index contributed by atoms with van der Waals surface area (Å²) in [7, 11) is 0. The van der Waals surface area contributed by atoms with E-state index in [-0.39, 0.29) is 34.4 Å². The minimum absolute atomic E-state index is 0.00983. The van der Waals surface area contributed by atoms with Crippen molar-refractivity contribution in [1.82, 2.24) is 0 Å². The van der Waals surface area contributed by atoms with Crippen LogP contribution in [0.15, 0.2) is 111 Å². The molecule has 0 radical (unpaired) electrons. The van der Waals surface area contributed by atoms with Crippen LogP contribution in [0.5, 0.6) is 46.0 Å². The Balaban J connectivity index is 0.000000436. The van der Waals surface area contributed by atoms with Crippen LogP contribution in [0.2, 0.25) is 0 Å². The zero-order chi connectivity index (χ0) is 115. The minimum atomic E-state index is -5.66. The first-order chi connectivity index (χ1) is 67.9. The van der Waals surface area contributed by atoms with E-state index in [1.54, 1.807) is 0 Å². The second-order valence-corrected chi connectivity index (χ2v) is 26.0. The van der Waals surface area contributed by atoms with Gasteiger partial charge in [0.1, 0.15) is 11.1 Å². The van der Waals surface area contributed by atoms with Gasteiger partial charge in [-0.25, -0.2) is 153 Å². The minimum Gasteiger partial charge on any atom is -0.417 e. The quantitative estimate of drug-likeness (QED) is 0.0220. The predicted octanol–water partition coefficient (Wildman–Crippen LogP) is 25.7. The molecule has 0 atom stereocenters. The van der Waals surface area contributed by atoms with E-state index < -0.39 is 371 Å². The number of ether oxygens (including phenoxy) is 8. The molecule has 10 rings (SSSR count). The molecule has 0 aliphatic carbocycles. The molecule has 62 heteroatoms. The molecule has 0 bridgehead atoms. The van der Waals surface area contributed by atoms with Crippen molar-refractivity contribution in [2.75, 3.05) is 0 Å². The smallest absolute Gasteiger partial charge is 0.417 e. The van der Waals surface area contributed by atoms with Gasteiger partial charge in [-0.05, 0) is 27.7 Å². The molecule has 0 amide bonds. The largest absolute Gasteiger partial charge is 0.422 e. The van der Waals surface area contributed by atoms with Crippen LogP contribution in [0.3, 0.4) is 0 Å². The average molecular weight is 2200 g/mol. The number of hydrogen-bond acceptors (Lipinski definition) is 16. The summed E-state index contributed by atoms with van der Waals surface area (Å²) >= 11 is 0. The van der Waals surface area contributed by atoms with E-state index in [2.05, 4.69) is 90.5 Å². The summed E-state index contributed by atoms with van der Waals surface area (Å²) in [5.41, 5.74) is -6.65. The van der Waals surface area contributed by atoms with Gasteiger partial charge in [-0.1, -0.05) is 52.6 Å². The lowest BCUT2D eigenvalue weighted by Gasteiger charge is -2.13. The lowest BCUT2D eigenvalue weighted by Crippen LogP contribution is -2.18. The Morgan fingerprint density at radius 3 is 0.486 bits per heavy atom. The van der Waals surface area contributed by atoms with E-state index in [0.29, 0.717) is 24.3 Å². The second kappa shape index (κ2) is 50.6. The fourth-order valence-electron chi connectivity index (χ4n) is 8.92. The number of rotatable bonds is 16. The van der Waals surface area contributed by atoms with Gasteiger partial charge >= 0.3 is 60.1 Å². The van der Waals surface area contributed by atoms with Crippen LogP contribution < -0.4 is 37.9 Å². The molecular weight excluding hydrogens is 2160 g/mol. The van der Waals surface area contributed by atoms with E-state index in [0.717, 1.165) is 20.8 Å². The lowest BCUT2D eigenvalue weighted by atomic mass is 10.1. The zero-order valence-electron chi connectivity index (χ0n) is 71.0. The highest BCUT2D eigenvalue weighted by Crippen LogP contribution is 2.45. The number of esters is 8. The van der Waals surface area contributed by atoms with Gasteiger partial charge in [0.2, 0.25) is 162 Å². The molecule has 0 spiro atoms. The average Bonchev–Trinajstić information content (AvgIpc) is 0.736. The normalized spacial score (nSPS) is 10.7. The first-order valence-corrected chi connectivity index (χ1v) is 35.9. The summed E-state index contributed by atoms with van der Waals surface area (Å²) in [5, 5.41) is -7.04. The molecule has 16 nitrogen and oxygen atoms in total. The topological polar surface area (TPSA) is 210 Å². The summed E-state index contributed by atoms with van der Waals surface area (Å²) in [4.78, 5) is 86.9. The Morgan fingerprint density at radius 2 is 0.311 bits per heavy atom. The van der Waals surface area contributed by atoms with Crippen LogP contribution in [-0.4, -0.2) is 47.8 Å². The van der Waals surface area contributed by atoms with Crippen LogP contribution in [-0.2, 0) is 50.7 Å². The van der Waals surface area contributed by atoms with E-state index in [9.17, 15) is 240 Å². The third-order valence-corrected chi connectivity index (χ3v) is 15.7. The van der Waals surface area contributed by atoms with Gasteiger partial charge in [-0.2, -0.15) is 87.8 Å². The van der Waals surface area contributed by atoms with Gasteiger partial charge in [-0.15, -0.1) is 0 Å². The summed E-state index contributed by atoms with van der Waals surface area (Å²) in [6.45, 7) is 28.4. The maximum absolute atomic E-state index is 14.1. The van der Waals surface area contributed by atoms with E-state index in [1.807, 2.05) is 0 Å². The van der Waals surface area contributed by atoms with E-state index in [1.165, 1.54) is 6.92 Å². The molecule has 0 saturated carbocycles. The van der Waals surface area contributed by atoms with E-state index in [4.69, 9.17) is 0 Å². The molecule has 796 valence electrons. The number of carbonyl (C=O) groups excluding carboxylic acids is 8. The van der Waals surface area contributed by atoms with Gasteiger partial charge in [0.25, 0.3) is 0 Å². The first kappa shape index (κ1) is 125. The highest BCUT2D eigenvalue weighted by atomic mass is 19.4. The Kier molecular flexibility index (Phi) is 42.9. The number of fused-ring (bicyclic) bond motifs is 2. The van der Waals surface area contributed by atoms with Crippen LogP contribution in [0.1, 0.15) is 38.8 Å². The van der Waals surface area contributed by atoms with Crippen molar-refractivity contribution < 1.29 is 278 Å². The van der Waals surface area contributed by atoms with Crippen LogP contribution in [0.25, 0.3) is 21.5 Å². The third kappa shape index (κ3) is 28.0. The van der Waals surface area contributed by atoms with E-state index >= 15 is 0 Å². The number of halogens is 46. The fourth-order valence-corrected chi connectivity index (χ4v) is 8.92. The molecule has 0 aliphatic heterocycles. The summed E-state index contributed by atoms with van der Waals surface area (Å²) < 4.78 is 629. The zero-order valence-corrected chi connectivity index (χ0v) is 71.0. The monoisotopic (exact) mass is 2200 g/mol. The Labute approximate surface area is 786 Å². The van der Waals surface area contributed by atoms with Gasteiger partial charge < -0.3 is 37.9 Å². The van der Waals surface area contributed by atoms with Crippen molar-refractivity contribution in [3.63, 3.8) is 0 Å². The first-order valence-electron chi connectivity index (χ1n) is 35.9. The molecule has 0 aromatic heterocycles. The van der Waals surface area contributed by atoms with Crippen molar-refractivity contribution in [1.29, 1.82) is 0 Å². The molecule has 0 heterocycles. The lowest BCUT2D eigenvalue weighted by molar-refractivity contribution is -0.144. The SMILES string of the molecule is C=C(C)C(=O)Oc1c(F)c(F)c(C(F)(F)F)c(F)c1F.C=C(C)C(=O)Oc1c(F)c(F)c(F)c(F)c1F.C=C(C)C(=O)Oc1c(F)c(F)c2c(F)c(F)c(F)c(F)c2c1F.C=C(C)C(=O)Oc1c(F)c(F)cc(F)c1F.C=CC(=O)Oc1c(F)c(F)c(C(F)(F)F)c(F)c1F.C=CC(=O)Oc1c(F)c(F)c(F)c(F)c1F.C=CC(=O)Oc1c(F)c(F)c2c(F)c(F)c(F)c(F)c2c1F.C=CC(=O)Oc1c(F)c(F)cc(F)c1F. The second-order valence-electron chi connectivity index (χ2n) is 26.0. The van der Waals surface area contributed by atoms with Crippen LogP contribution in [0, 0.1) is 233 Å². The van der Waals surface area contributed by atoms with Crippen molar-refractivity contribution in [2.24, 2.45) is 0 Å².